The Kier molecular flexibility index (Phi) is 9.21. The van der Waals surface area contributed by atoms with E-state index < -0.39 is 0 Å². The number of fused-ring (bicyclic) bond motifs is 1. The van der Waals surface area contributed by atoms with Crippen LogP contribution in [0.3, 0.4) is 0 Å². The molecule has 3 saturated heterocycles. The highest BCUT2D eigenvalue weighted by atomic mass is 16.5. The third kappa shape index (κ3) is 6.69. The first-order valence-electron chi connectivity index (χ1n) is 17.4. The second-order valence-electron chi connectivity index (χ2n) is 13.6. The molecule has 0 bridgehead atoms. The summed E-state index contributed by atoms with van der Waals surface area (Å²) in [5, 5.41) is 13.3. The van der Waals surface area contributed by atoms with Gasteiger partial charge in [0.15, 0.2) is 0 Å². The predicted molar refractivity (Wildman–Crippen MR) is 191 cm³/mol. The van der Waals surface area contributed by atoms with E-state index in [4.69, 9.17) is 10.1 Å². The van der Waals surface area contributed by atoms with Crippen LogP contribution in [0.25, 0.3) is 5.70 Å². The minimum Gasteiger partial charge on any atom is -0.490 e. The second-order valence-corrected chi connectivity index (χ2v) is 13.6. The van der Waals surface area contributed by atoms with Crippen molar-refractivity contribution in [1.82, 2.24) is 15.1 Å². The maximum Gasteiger partial charge on any atom is 0.249 e. The first-order chi connectivity index (χ1) is 23.4. The quantitative estimate of drug-likeness (QED) is 0.201. The summed E-state index contributed by atoms with van der Waals surface area (Å²) >= 11 is 0. The molecule has 7 rings (SSSR count). The molecule has 48 heavy (non-hydrogen) atoms. The van der Waals surface area contributed by atoms with Crippen LogP contribution in [0, 0.1) is 5.41 Å². The lowest BCUT2D eigenvalue weighted by atomic mass is 9.87. The number of carbonyl (C=O) groups is 2. The monoisotopic (exact) mass is 646 g/mol. The van der Waals surface area contributed by atoms with Crippen molar-refractivity contribution in [3.63, 3.8) is 0 Å². The van der Waals surface area contributed by atoms with Gasteiger partial charge in [-0.15, -0.1) is 0 Å². The van der Waals surface area contributed by atoms with E-state index in [0.29, 0.717) is 25.3 Å². The lowest BCUT2D eigenvalue weighted by molar-refractivity contribution is -0.136. The third-order valence-corrected chi connectivity index (χ3v) is 10.7. The molecule has 4 heterocycles. The number of nitrogens with one attached hydrogen (secondary N) is 3. The highest BCUT2D eigenvalue weighted by Crippen LogP contribution is 2.38. The van der Waals surface area contributed by atoms with Gasteiger partial charge in [-0.3, -0.25) is 19.8 Å². The summed E-state index contributed by atoms with van der Waals surface area (Å²) in [5.74, 6) is 0.968. The minimum atomic E-state index is -0.328. The van der Waals surface area contributed by atoms with Crippen molar-refractivity contribution in [2.45, 2.75) is 69.7 Å². The Labute approximate surface area is 283 Å². The molecule has 3 N–H and O–H groups in total. The lowest BCUT2D eigenvalue weighted by Gasteiger charge is -2.34. The van der Waals surface area contributed by atoms with Crippen LogP contribution in [0.1, 0.15) is 72.3 Å². The van der Waals surface area contributed by atoms with Crippen LogP contribution in [0.4, 0.5) is 11.4 Å². The van der Waals surface area contributed by atoms with Crippen molar-refractivity contribution in [1.29, 1.82) is 5.41 Å². The largest absolute Gasteiger partial charge is 0.490 e. The van der Waals surface area contributed by atoms with E-state index in [-0.39, 0.29) is 24.0 Å². The fraction of sp³-hybridized carbons (Fsp3) is 0.410. The average molecular weight is 647 g/mol. The molecule has 4 aliphatic heterocycles. The van der Waals surface area contributed by atoms with Crippen molar-refractivity contribution in [2.75, 3.05) is 43.4 Å². The maximum atomic E-state index is 12.5. The SMILES string of the molecule is C=C1c2ccc(C3CCN(Cc4ccc(N5CCC(Oc6ccc(NC)c(C=N)c6)CC5)cc4)CC3)cc2CN1C1CCC(=O)NC1=O. The zero-order chi connectivity index (χ0) is 33.2. The number of rotatable bonds is 9. The number of hydrogen-bond donors (Lipinski definition) is 3. The standard InChI is InChI=1S/C39H46N6O3/c1-26-35-9-5-29(21-31(35)25-45(26)37-11-12-38(46)42-39(37)47)28-13-17-43(18-14-28)24-27-3-6-32(7-4-27)44-19-15-33(16-20-44)48-34-8-10-36(41-2)30(22-34)23-40/h3-10,21-23,28,33,37,40-41H,1,11-20,24-25H2,2H3,(H,42,46,47). The first-order valence-corrected chi connectivity index (χ1v) is 17.4. The summed E-state index contributed by atoms with van der Waals surface area (Å²) in [5.41, 5.74) is 9.02. The molecule has 1 unspecified atom stereocenters. The predicted octanol–water partition coefficient (Wildman–Crippen LogP) is 5.74. The number of benzene rings is 3. The van der Waals surface area contributed by atoms with E-state index in [1.165, 1.54) is 28.6 Å². The fourth-order valence-electron chi connectivity index (χ4n) is 7.87. The zero-order valence-electron chi connectivity index (χ0n) is 27.8. The summed E-state index contributed by atoms with van der Waals surface area (Å²) in [4.78, 5) is 31.3. The van der Waals surface area contributed by atoms with Crippen LogP contribution in [0.2, 0.25) is 0 Å². The third-order valence-electron chi connectivity index (χ3n) is 10.7. The number of nitrogens with zero attached hydrogens (tertiary/aromatic N) is 3. The number of likely N-dealkylation sites (tertiary alicyclic amines) is 1. The van der Waals surface area contributed by atoms with E-state index in [1.54, 1.807) is 0 Å². The van der Waals surface area contributed by atoms with Gasteiger partial charge in [-0.2, -0.15) is 0 Å². The van der Waals surface area contributed by atoms with Crippen molar-refractivity contribution in [2.24, 2.45) is 0 Å². The van der Waals surface area contributed by atoms with Crippen LogP contribution in [0.5, 0.6) is 5.75 Å². The van der Waals surface area contributed by atoms with Gasteiger partial charge in [-0.25, -0.2) is 0 Å². The minimum absolute atomic E-state index is 0.185. The molecule has 0 aliphatic carbocycles. The summed E-state index contributed by atoms with van der Waals surface area (Å²) < 4.78 is 6.29. The summed E-state index contributed by atoms with van der Waals surface area (Å²) in [6.07, 6.45) is 6.68. The van der Waals surface area contributed by atoms with Crippen molar-refractivity contribution in [3.8, 4) is 5.75 Å². The van der Waals surface area contributed by atoms with Gasteiger partial charge < -0.3 is 25.3 Å². The van der Waals surface area contributed by atoms with Gasteiger partial charge in [0.2, 0.25) is 11.8 Å². The van der Waals surface area contributed by atoms with Gasteiger partial charge in [0.05, 0.1) is 0 Å². The summed E-state index contributed by atoms with van der Waals surface area (Å²) in [6, 6.07) is 21.4. The highest BCUT2D eigenvalue weighted by molar-refractivity contribution is 6.01. The number of amides is 2. The number of anilines is 2. The molecule has 4 aliphatic rings. The van der Waals surface area contributed by atoms with E-state index in [0.717, 1.165) is 86.7 Å². The molecule has 9 heteroatoms. The van der Waals surface area contributed by atoms with Gasteiger partial charge in [-0.1, -0.05) is 36.9 Å². The lowest BCUT2D eigenvalue weighted by Crippen LogP contribution is -2.50. The fourth-order valence-corrected chi connectivity index (χ4v) is 7.87. The van der Waals surface area contributed by atoms with Crippen molar-refractivity contribution >= 4 is 35.1 Å². The van der Waals surface area contributed by atoms with Crippen LogP contribution >= 0.6 is 0 Å². The van der Waals surface area contributed by atoms with Crippen LogP contribution in [-0.2, 0) is 22.7 Å². The van der Waals surface area contributed by atoms with E-state index in [2.05, 4.69) is 74.4 Å². The number of ether oxygens (including phenoxy) is 1. The van der Waals surface area contributed by atoms with Crippen LogP contribution in [-0.4, -0.2) is 73.2 Å². The molecular weight excluding hydrogens is 600 g/mol. The highest BCUT2D eigenvalue weighted by Gasteiger charge is 2.36. The molecule has 250 valence electrons. The van der Waals surface area contributed by atoms with Crippen LogP contribution in [0.15, 0.2) is 67.2 Å². The second kappa shape index (κ2) is 13.8. The number of hydrogen-bond acceptors (Lipinski definition) is 8. The Hall–Kier alpha value is -4.63. The maximum absolute atomic E-state index is 12.5. The molecule has 3 fully saturated rings. The molecule has 0 radical (unpaired) electrons. The van der Waals surface area contributed by atoms with E-state index in [1.807, 2.05) is 25.2 Å². The zero-order valence-corrected chi connectivity index (χ0v) is 27.8. The Morgan fingerprint density at radius 3 is 2.44 bits per heavy atom. The molecule has 1 atom stereocenters. The Bertz CT molecular complexity index is 1690. The van der Waals surface area contributed by atoms with Gasteiger partial charge in [0.1, 0.15) is 17.9 Å². The molecule has 9 nitrogen and oxygen atoms in total. The van der Waals surface area contributed by atoms with E-state index in [9.17, 15) is 9.59 Å². The molecule has 3 aromatic rings. The van der Waals surface area contributed by atoms with Crippen molar-refractivity contribution in [3.05, 3.63) is 95.1 Å². The number of imide groups is 1. The van der Waals surface area contributed by atoms with Gasteiger partial charge in [0, 0.05) is 86.9 Å². The van der Waals surface area contributed by atoms with Gasteiger partial charge in [0.25, 0.3) is 0 Å². The molecule has 0 spiro atoms. The Morgan fingerprint density at radius 1 is 0.958 bits per heavy atom. The Balaban J connectivity index is 0.874. The smallest absolute Gasteiger partial charge is 0.249 e. The van der Waals surface area contributed by atoms with Crippen molar-refractivity contribution < 1.29 is 14.3 Å². The topological polar surface area (TPSA) is 101 Å². The molecule has 3 aromatic carbocycles. The number of piperidine rings is 3. The van der Waals surface area contributed by atoms with Gasteiger partial charge in [-0.05, 0) is 85.3 Å². The van der Waals surface area contributed by atoms with E-state index >= 15 is 0 Å². The normalized spacial score (nSPS) is 20.9. The average Bonchev–Trinajstić information content (AvgIpc) is 3.44. The number of carbonyl (C=O) groups excluding carboxylic acids is 2. The summed E-state index contributed by atoms with van der Waals surface area (Å²) in [7, 11) is 1.87. The molecule has 2 amide bonds. The first kappa shape index (κ1) is 31.9. The molecule has 0 aromatic heterocycles. The molecular formula is C39H46N6O3. The van der Waals surface area contributed by atoms with Gasteiger partial charge >= 0.3 is 0 Å². The molecule has 0 saturated carbocycles. The van der Waals surface area contributed by atoms with Crippen LogP contribution < -0.4 is 20.3 Å². The summed E-state index contributed by atoms with van der Waals surface area (Å²) in [6.45, 7) is 10.0. The Morgan fingerprint density at radius 2 is 1.73 bits per heavy atom.